The van der Waals surface area contributed by atoms with Crippen LogP contribution in [0.3, 0.4) is 0 Å². The number of rotatable bonds is 3. The third-order valence-electron chi connectivity index (χ3n) is 4.87. The Kier molecular flexibility index (Phi) is 4.77. The fourth-order valence-electron chi connectivity index (χ4n) is 3.30. The molecule has 2 N–H and O–H groups in total. The number of amides is 1. The molecule has 0 bridgehead atoms. The Bertz CT molecular complexity index is 1100. The minimum atomic E-state index is -1.07. The molecule has 0 aromatic carbocycles. The van der Waals surface area contributed by atoms with E-state index < -0.39 is 18.0 Å². The molecule has 156 valence electrons. The summed E-state index contributed by atoms with van der Waals surface area (Å²) in [6.07, 6.45) is 1.67. The number of hydrogen-bond donors (Lipinski definition) is 2. The maximum atomic E-state index is 13.1. The molecule has 0 saturated carbocycles. The molecule has 1 atom stereocenters. The van der Waals surface area contributed by atoms with Gasteiger partial charge in [-0.15, -0.1) is 0 Å². The van der Waals surface area contributed by atoms with Crippen LogP contribution in [0.15, 0.2) is 36.7 Å². The van der Waals surface area contributed by atoms with Crippen LogP contribution in [0, 0.1) is 12.7 Å². The number of nitrogens with zero attached hydrogens (tertiary/aromatic N) is 5. The molecule has 0 fully saturated rings. The van der Waals surface area contributed by atoms with Crippen molar-refractivity contribution >= 4 is 17.5 Å². The van der Waals surface area contributed by atoms with Crippen LogP contribution in [0.1, 0.15) is 43.8 Å². The second kappa shape index (κ2) is 7.17. The Morgan fingerprint density at radius 2 is 2.00 bits per heavy atom. The number of nitrogens with one attached hydrogen (secondary N) is 1. The van der Waals surface area contributed by atoms with Crippen LogP contribution in [-0.2, 0) is 10.2 Å². The van der Waals surface area contributed by atoms with Crippen molar-refractivity contribution in [2.75, 3.05) is 16.8 Å². The van der Waals surface area contributed by atoms with E-state index in [1.165, 1.54) is 12.1 Å². The summed E-state index contributed by atoms with van der Waals surface area (Å²) in [6, 6.07) is 6.29. The molecule has 3 aromatic rings. The number of aryl methyl sites for hydroxylation is 1. The summed E-state index contributed by atoms with van der Waals surface area (Å²) in [5, 5.41) is 18.4. The Balaban J connectivity index is 1.70. The number of aromatic nitrogens is 4. The van der Waals surface area contributed by atoms with Gasteiger partial charge in [-0.25, -0.2) is 14.4 Å². The lowest BCUT2D eigenvalue weighted by Gasteiger charge is -2.34. The van der Waals surface area contributed by atoms with Crippen LogP contribution in [0.25, 0.3) is 5.82 Å². The summed E-state index contributed by atoms with van der Waals surface area (Å²) in [7, 11) is 0. The quantitative estimate of drug-likeness (QED) is 0.689. The minimum Gasteiger partial charge on any atom is -0.369 e. The van der Waals surface area contributed by atoms with E-state index in [2.05, 4.69) is 15.3 Å². The SMILES string of the molecule is Cc1cnc2c(c1)C(O)N(CC(=O)Nc1ccc(F)cn1)c1cc(C(C)(C)C)nn1-2. The van der Waals surface area contributed by atoms with Crippen molar-refractivity contribution in [3.63, 3.8) is 0 Å². The van der Waals surface area contributed by atoms with Crippen LogP contribution in [0.4, 0.5) is 16.0 Å². The normalized spacial score (nSPS) is 15.5. The summed E-state index contributed by atoms with van der Waals surface area (Å²) in [5.41, 5.74) is 2.04. The van der Waals surface area contributed by atoms with Gasteiger partial charge in [0.25, 0.3) is 0 Å². The summed E-state index contributed by atoms with van der Waals surface area (Å²) >= 11 is 0. The van der Waals surface area contributed by atoms with Crippen LogP contribution in [-0.4, -0.2) is 37.3 Å². The van der Waals surface area contributed by atoms with Crippen molar-refractivity contribution in [2.45, 2.75) is 39.3 Å². The van der Waals surface area contributed by atoms with E-state index >= 15 is 0 Å². The zero-order valence-corrected chi connectivity index (χ0v) is 17.2. The van der Waals surface area contributed by atoms with Crippen LogP contribution < -0.4 is 10.2 Å². The number of carbonyl (C=O) groups is 1. The number of hydrogen-bond acceptors (Lipinski definition) is 6. The van der Waals surface area contributed by atoms with Gasteiger partial charge in [0.2, 0.25) is 5.91 Å². The minimum absolute atomic E-state index is 0.150. The van der Waals surface area contributed by atoms with Gasteiger partial charge in [-0.2, -0.15) is 9.78 Å². The molecule has 9 heteroatoms. The highest BCUT2D eigenvalue weighted by Gasteiger charge is 2.35. The summed E-state index contributed by atoms with van der Waals surface area (Å²) < 4.78 is 14.7. The lowest BCUT2D eigenvalue weighted by Crippen LogP contribution is -2.40. The van der Waals surface area contributed by atoms with Gasteiger partial charge in [0.1, 0.15) is 24.0 Å². The van der Waals surface area contributed by atoms with E-state index in [4.69, 9.17) is 5.10 Å². The van der Waals surface area contributed by atoms with E-state index in [1.54, 1.807) is 15.8 Å². The van der Waals surface area contributed by atoms with Crippen molar-refractivity contribution in [1.82, 2.24) is 19.7 Å². The van der Waals surface area contributed by atoms with Gasteiger partial charge in [-0.3, -0.25) is 4.79 Å². The average molecular weight is 410 g/mol. The van der Waals surface area contributed by atoms with Crippen molar-refractivity contribution in [3.8, 4) is 5.82 Å². The summed E-state index contributed by atoms with van der Waals surface area (Å²) in [6.45, 7) is 7.86. The number of anilines is 2. The topological polar surface area (TPSA) is 96.2 Å². The number of pyridine rings is 2. The standard InChI is InChI=1S/C21H23FN6O2/c1-12-7-14-19(24-9-12)28-18(8-15(26-28)21(2,3)4)27(20(14)30)11-17(29)25-16-6-5-13(22)10-23-16/h5-10,20,30H,11H2,1-4H3,(H,23,25,29). The molecular weight excluding hydrogens is 387 g/mol. The second-order valence-corrected chi connectivity index (χ2v) is 8.39. The molecule has 1 amide bonds. The van der Waals surface area contributed by atoms with E-state index in [0.29, 0.717) is 17.2 Å². The molecular formula is C21H23FN6O2. The van der Waals surface area contributed by atoms with Gasteiger partial charge in [0.05, 0.1) is 11.9 Å². The fourth-order valence-corrected chi connectivity index (χ4v) is 3.30. The Morgan fingerprint density at radius 3 is 2.67 bits per heavy atom. The van der Waals surface area contributed by atoms with E-state index in [0.717, 1.165) is 17.5 Å². The molecule has 1 unspecified atom stereocenters. The molecule has 0 radical (unpaired) electrons. The first-order valence-electron chi connectivity index (χ1n) is 9.57. The van der Waals surface area contributed by atoms with E-state index in [9.17, 15) is 14.3 Å². The van der Waals surface area contributed by atoms with Gasteiger partial charge < -0.3 is 15.3 Å². The molecule has 30 heavy (non-hydrogen) atoms. The average Bonchev–Trinajstić information content (AvgIpc) is 3.13. The molecule has 4 heterocycles. The van der Waals surface area contributed by atoms with Crippen LogP contribution in [0.5, 0.6) is 0 Å². The highest BCUT2D eigenvalue weighted by Crippen LogP contribution is 2.38. The zero-order valence-electron chi connectivity index (χ0n) is 17.2. The Morgan fingerprint density at radius 1 is 1.23 bits per heavy atom. The molecule has 0 saturated heterocycles. The Hall–Kier alpha value is -3.33. The highest BCUT2D eigenvalue weighted by atomic mass is 19.1. The summed E-state index contributed by atoms with van der Waals surface area (Å²) in [5.74, 6) is 0.448. The number of aliphatic hydroxyl groups is 1. The van der Waals surface area contributed by atoms with Crippen molar-refractivity contribution in [2.24, 2.45) is 0 Å². The van der Waals surface area contributed by atoms with Gasteiger partial charge in [0.15, 0.2) is 12.0 Å². The first-order valence-corrected chi connectivity index (χ1v) is 9.57. The lowest BCUT2D eigenvalue weighted by atomic mass is 9.92. The van der Waals surface area contributed by atoms with Gasteiger partial charge in [-0.1, -0.05) is 20.8 Å². The number of fused-ring (bicyclic) bond motifs is 3. The smallest absolute Gasteiger partial charge is 0.245 e. The first kappa shape index (κ1) is 20.0. The maximum Gasteiger partial charge on any atom is 0.245 e. The molecule has 3 aromatic heterocycles. The molecule has 8 nitrogen and oxygen atoms in total. The fraction of sp³-hybridized carbons (Fsp3) is 0.333. The number of carbonyl (C=O) groups excluding carboxylic acids is 1. The molecule has 0 aliphatic carbocycles. The molecule has 4 rings (SSSR count). The van der Waals surface area contributed by atoms with E-state index in [-0.39, 0.29) is 17.8 Å². The largest absolute Gasteiger partial charge is 0.369 e. The van der Waals surface area contributed by atoms with Crippen molar-refractivity contribution < 1.29 is 14.3 Å². The summed E-state index contributed by atoms with van der Waals surface area (Å²) in [4.78, 5) is 22.5. The predicted molar refractivity (Wildman–Crippen MR) is 110 cm³/mol. The third-order valence-corrected chi connectivity index (χ3v) is 4.87. The lowest BCUT2D eigenvalue weighted by molar-refractivity contribution is -0.115. The number of aliphatic hydroxyl groups excluding tert-OH is 1. The highest BCUT2D eigenvalue weighted by molar-refractivity contribution is 5.93. The second-order valence-electron chi connectivity index (χ2n) is 8.39. The van der Waals surface area contributed by atoms with Crippen molar-refractivity contribution in [1.29, 1.82) is 0 Å². The monoisotopic (exact) mass is 410 g/mol. The third kappa shape index (κ3) is 3.63. The van der Waals surface area contributed by atoms with Crippen molar-refractivity contribution in [3.05, 3.63) is 59.3 Å². The number of halogens is 1. The maximum absolute atomic E-state index is 13.1. The Labute approximate surface area is 173 Å². The van der Waals surface area contributed by atoms with Crippen LogP contribution >= 0.6 is 0 Å². The van der Waals surface area contributed by atoms with Gasteiger partial charge >= 0.3 is 0 Å². The first-order chi connectivity index (χ1) is 14.1. The van der Waals surface area contributed by atoms with Crippen LogP contribution in [0.2, 0.25) is 0 Å². The molecule has 0 spiro atoms. The van der Waals surface area contributed by atoms with Gasteiger partial charge in [0, 0.05) is 23.2 Å². The van der Waals surface area contributed by atoms with Gasteiger partial charge in [-0.05, 0) is 30.7 Å². The molecule has 1 aliphatic rings. The predicted octanol–water partition coefficient (Wildman–Crippen LogP) is 2.86. The van der Waals surface area contributed by atoms with E-state index in [1.807, 2.05) is 39.8 Å². The molecule has 1 aliphatic heterocycles. The zero-order chi connectivity index (χ0) is 21.6.